The molecule has 0 heterocycles. The molecule has 7 atom stereocenters. The molecule has 0 aromatic heterocycles. The van der Waals surface area contributed by atoms with Gasteiger partial charge in [0.25, 0.3) is 0 Å². The highest BCUT2D eigenvalue weighted by atomic mass is 16.1. The first-order valence-corrected chi connectivity index (χ1v) is 9.51. The quantitative estimate of drug-likeness (QED) is 0.596. The first-order chi connectivity index (χ1) is 9.98. The Balaban J connectivity index is 1.69. The van der Waals surface area contributed by atoms with Crippen LogP contribution in [0.25, 0.3) is 0 Å². The van der Waals surface area contributed by atoms with E-state index in [1.165, 1.54) is 44.9 Å². The molecule has 0 radical (unpaired) electrons. The molecule has 0 aliphatic heterocycles. The fourth-order valence-electron chi connectivity index (χ4n) is 7.35. The van der Waals surface area contributed by atoms with Gasteiger partial charge in [-0.25, -0.2) is 0 Å². The Morgan fingerprint density at radius 1 is 0.952 bits per heavy atom. The Morgan fingerprint density at radius 3 is 2.57 bits per heavy atom. The van der Waals surface area contributed by atoms with E-state index in [1.807, 2.05) is 0 Å². The molecule has 0 aromatic carbocycles. The molecular weight excluding hydrogens is 256 g/mol. The summed E-state index contributed by atoms with van der Waals surface area (Å²) in [6.45, 7) is 7.43. The maximum absolute atomic E-state index is 12.8. The minimum absolute atomic E-state index is 0.0499. The van der Waals surface area contributed by atoms with Crippen LogP contribution in [0.4, 0.5) is 0 Å². The zero-order valence-electron chi connectivity index (χ0n) is 14.2. The lowest BCUT2D eigenvalue weighted by Gasteiger charge is -2.59. The second-order valence-corrected chi connectivity index (χ2v) is 9.27. The van der Waals surface area contributed by atoms with Gasteiger partial charge in [0, 0.05) is 11.8 Å². The molecule has 4 saturated carbocycles. The van der Waals surface area contributed by atoms with Crippen molar-refractivity contribution >= 4 is 5.78 Å². The first kappa shape index (κ1) is 14.3. The van der Waals surface area contributed by atoms with Crippen LogP contribution < -0.4 is 0 Å². The van der Waals surface area contributed by atoms with Gasteiger partial charge in [0.2, 0.25) is 0 Å². The lowest BCUT2D eigenvalue weighted by atomic mass is 9.44. The third-order valence-electron chi connectivity index (χ3n) is 8.94. The average molecular weight is 288 g/mol. The minimum Gasteiger partial charge on any atom is -0.299 e. The van der Waals surface area contributed by atoms with Crippen molar-refractivity contribution in [2.45, 2.75) is 78.6 Å². The number of hydrogen-bond acceptors (Lipinski definition) is 1. The fraction of sp³-hybridized carbons (Fsp3) is 0.950. The largest absolute Gasteiger partial charge is 0.299 e. The van der Waals surface area contributed by atoms with Crippen molar-refractivity contribution < 1.29 is 4.79 Å². The minimum atomic E-state index is 0.0499. The lowest BCUT2D eigenvalue weighted by molar-refractivity contribution is -0.155. The smallest absolute Gasteiger partial charge is 0.139 e. The molecule has 1 heteroatoms. The van der Waals surface area contributed by atoms with E-state index < -0.39 is 0 Å². The third kappa shape index (κ3) is 1.72. The van der Waals surface area contributed by atoms with Crippen LogP contribution in [0.5, 0.6) is 0 Å². The van der Waals surface area contributed by atoms with Gasteiger partial charge in [-0.05, 0) is 86.4 Å². The number of Topliss-reactive ketones (excluding diaryl/α,β-unsaturated/α-hetero) is 1. The summed E-state index contributed by atoms with van der Waals surface area (Å²) in [5.74, 6) is 4.73. The monoisotopic (exact) mass is 288 g/mol. The standard InChI is InChI=1S/C20H32O/c1-13-7-10-16-15-9-8-14-5-4-6-18(21)20(14,3)17(15)11-12-19(13,16)2/h13-17H,4-12H2,1-3H3/t13?,14?,15-,16-,17+,19+,20-/m0/s1. The van der Waals surface area contributed by atoms with Crippen molar-refractivity contribution in [1.29, 1.82) is 0 Å². The number of hydrogen-bond donors (Lipinski definition) is 0. The van der Waals surface area contributed by atoms with Crippen LogP contribution in [-0.4, -0.2) is 5.78 Å². The molecule has 21 heavy (non-hydrogen) atoms. The third-order valence-corrected chi connectivity index (χ3v) is 8.94. The van der Waals surface area contributed by atoms with E-state index in [9.17, 15) is 4.79 Å². The van der Waals surface area contributed by atoms with Crippen LogP contribution >= 0.6 is 0 Å². The second-order valence-electron chi connectivity index (χ2n) is 9.27. The van der Waals surface area contributed by atoms with Gasteiger partial charge in [-0.3, -0.25) is 4.79 Å². The Morgan fingerprint density at radius 2 is 1.76 bits per heavy atom. The van der Waals surface area contributed by atoms with Gasteiger partial charge in [-0.1, -0.05) is 20.8 Å². The summed E-state index contributed by atoms with van der Waals surface area (Å²) in [6.07, 6.45) is 11.7. The van der Waals surface area contributed by atoms with E-state index in [-0.39, 0.29) is 5.41 Å². The molecule has 118 valence electrons. The predicted octanol–water partition coefficient (Wildman–Crippen LogP) is 5.23. The fourth-order valence-corrected chi connectivity index (χ4v) is 7.35. The lowest BCUT2D eigenvalue weighted by Crippen LogP contribution is -2.56. The molecular formula is C20H32O. The summed E-state index contributed by atoms with van der Waals surface area (Å²) < 4.78 is 0. The highest BCUT2D eigenvalue weighted by molar-refractivity contribution is 5.86. The number of carbonyl (C=O) groups excluding carboxylic acids is 1. The molecule has 4 aliphatic rings. The SMILES string of the molecule is CC1CC[C@H]2[C@@H]3CCC4CCCC(=O)[C@]4(C)[C@@H]3CC[C@]12C. The summed E-state index contributed by atoms with van der Waals surface area (Å²) in [4.78, 5) is 12.8. The topological polar surface area (TPSA) is 17.1 Å². The zero-order chi connectivity index (χ0) is 14.8. The molecule has 0 saturated heterocycles. The molecule has 0 aromatic rings. The summed E-state index contributed by atoms with van der Waals surface area (Å²) in [7, 11) is 0. The van der Waals surface area contributed by atoms with Crippen molar-refractivity contribution in [3.8, 4) is 0 Å². The number of fused-ring (bicyclic) bond motifs is 5. The molecule has 0 N–H and O–H groups in total. The van der Waals surface area contributed by atoms with E-state index in [2.05, 4.69) is 20.8 Å². The van der Waals surface area contributed by atoms with Crippen LogP contribution in [0, 0.1) is 40.4 Å². The van der Waals surface area contributed by atoms with Gasteiger partial charge >= 0.3 is 0 Å². The zero-order valence-corrected chi connectivity index (χ0v) is 14.2. The van der Waals surface area contributed by atoms with Crippen LogP contribution in [0.1, 0.15) is 78.6 Å². The molecule has 4 aliphatic carbocycles. The molecule has 1 nitrogen and oxygen atoms in total. The maximum Gasteiger partial charge on any atom is 0.139 e. The van der Waals surface area contributed by atoms with Crippen molar-refractivity contribution in [3.63, 3.8) is 0 Å². The molecule has 0 bridgehead atoms. The van der Waals surface area contributed by atoms with E-state index >= 15 is 0 Å². The van der Waals surface area contributed by atoms with Crippen LogP contribution in [0.2, 0.25) is 0 Å². The molecule has 4 rings (SSSR count). The molecule has 0 spiro atoms. The van der Waals surface area contributed by atoms with Crippen molar-refractivity contribution in [2.24, 2.45) is 40.4 Å². The summed E-state index contributed by atoms with van der Waals surface area (Å²) in [6, 6.07) is 0. The predicted molar refractivity (Wildman–Crippen MR) is 85.9 cm³/mol. The van der Waals surface area contributed by atoms with E-state index in [0.717, 1.165) is 30.6 Å². The summed E-state index contributed by atoms with van der Waals surface area (Å²) in [5, 5.41) is 0. The Bertz CT molecular complexity index is 455. The Hall–Kier alpha value is -0.330. The number of carbonyl (C=O) groups is 1. The van der Waals surface area contributed by atoms with E-state index in [4.69, 9.17) is 0 Å². The molecule has 0 amide bonds. The van der Waals surface area contributed by atoms with Gasteiger partial charge in [0.1, 0.15) is 5.78 Å². The number of ketones is 1. The summed E-state index contributed by atoms with van der Waals surface area (Å²) >= 11 is 0. The molecule has 4 fully saturated rings. The Kier molecular flexibility index (Phi) is 3.12. The van der Waals surface area contributed by atoms with E-state index in [1.54, 1.807) is 0 Å². The maximum atomic E-state index is 12.8. The van der Waals surface area contributed by atoms with Gasteiger partial charge in [-0.2, -0.15) is 0 Å². The number of rotatable bonds is 0. The van der Waals surface area contributed by atoms with Crippen molar-refractivity contribution in [3.05, 3.63) is 0 Å². The highest BCUT2D eigenvalue weighted by Gasteiger charge is 2.60. The van der Waals surface area contributed by atoms with Gasteiger partial charge in [0.15, 0.2) is 0 Å². The highest BCUT2D eigenvalue weighted by Crippen LogP contribution is 2.66. The van der Waals surface area contributed by atoms with Crippen molar-refractivity contribution in [2.75, 3.05) is 0 Å². The normalized spacial score (nSPS) is 56.5. The van der Waals surface area contributed by atoms with Gasteiger partial charge in [-0.15, -0.1) is 0 Å². The van der Waals surface area contributed by atoms with Gasteiger partial charge < -0.3 is 0 Å². The Labute approximate surface area is 130 Å². The van der Waals surface area contributed by atoms with Crippen LogP contribution in [0.15, 0.2) is 0 Å². The van der Waals surface area contributed by atoms with Crippen LogP contribution in [0.3, 0.4) is 0 Å². The van der Waals surface area contributed by atoms with Gasteiger partial charge in [0.05, 0.1) is 0 Å². The first-order valence-electron chi connectivity index (χ1n) is 9.51. The summed E-state index contributed by atoms with van der Waals surface area (Å²) in [5.41, 5.74) is 0.635. The second kappa shape index (κ2) is 4.59. The van der Waals surface area contributed by atoms with E-state index in [0.29, 0.717) is 23.0 Å². The van der Waals surface area contributed by atoms with Crippen molar-refractivity contribution in [1.82, 2.24) is 0 Å². The van der Waals surface area contributed by atoms with Crippen LogP contribution in [-0.2, 0) is 4.79 Å². The average Bonchev–Trinajstić information content (AvgIpc) is 2.76. The molecule has 2 unspecified atom stereocenters.